The zero-order valence-electron chi connectivity index (χ0n) is 8.11. The molecule has 0 bridgehead atoms. The van der Waals surface area contributed by atoms with E-state index in [-0.39, 0.29) is 5.92 Å². The zero-order chi connectivity index (χ0) is 9.89. The Morgan fingerprint density at radius 2 is 1.58 bits per heavy atom. The number of hydrogen-bond donors (Lipinski definition) is 2. The van der Waals surface area contributed by atoms with Gasteiger partial charge in [-0.3, -0.25) is 4.79 Å². The number of aliphatic hydroxyl groups is 1. The van der Waals surface area contributed by atoms with Crippen LogP contribution in [0.2, 0.25) is 0 Å². The van der Waals surface area contributed by atoms with Gasteiger partial charge in [-0.05, 0) is 18.8 Å². The number of rotatable bonds is 4. The highest BCUT2D eigenvalue weighted by molar-refractivity contribution is 5.70. The standard InChI is InChI=1S/C9H18O3/c1-5(2)6(3)8(10)7(4)9(11)12/h5-8,10H,1-4H3,(H,11,12). The van der Waals surface area contributed by atoms with Crippen molar-refractivity contribution in [2.45, 2.75) is 33.8 Å². The minimum Gasteiger partial charge on any atom is -0.481 e. The topological polar surface area (TPSA) is 57.5 Å². The second kappa shape index (κ2) is 4.45. The van der Waals surface area contributed by atoms with Gasteiger partial charge in [-0.15, -0.1) is 0 Å². The van der Waals surface area contributed by atoms with Gasteiger partial charge in [0, 0.05) is 0 Å². The molecule has 3 atom stereocenters. The molecule has 0 fully saturated rings. The van der Waals surface area contributed by atoms with Crippen LogP contribution in [0.25, 0.3) is 0 Å². The molecule has 3 heteroatoms. The predicted octanol–water partition coefficient (Wildman–Crippen LogP) is 1.36. The molecule has 0 aromatic carbocycles. The molecule has 0 rings (SSSR count). The molecule has 0 aliphatic rings. The van der Waals surface area contributed by atoms with Crippen LogP contribution < -0.4 is 0 Å². The Morgan fingerprint density at radius 1 is 1.17 bits per heavy atom. The highest BCUT2D eigenvalue weighted by atomic mass is 16.4. The first kappa shape index (κ1) is 11.4. The van der Waals surface area contributed by atoms with Gasteiger partial charge in [-0.1, -0.05) is 20.8 Å². The molecule has 3 nitrogen and oxygen atoms in total. The maximum atomic E-state index is 10.5. The number of aliphatic carboxylic acids is 1. The summed E-state index contributed by atoms with van der Waals surface area (Å²) in [5.74, 6) is -1.28. The van der Waals surface area contributed by atoms with Gasteiger partial charge in [0.2, 0.25) is 0 Å². The quantitative estimate of drug-likeness (QED) is 0.676. The van der Waals surface area contributed by atoms with E-state index in [1.807, 2.05) is 20.8 Å². The van der Waals surface area contributed by atoms with E-state index in [2.05, 4.69) is 0 Å². The van der Waals surface area contributed by atoms with Crippen LogP contribution in [-0.2, 0) is 4.79 Å². The lowest BCUT2D eigenvalue weighted by atomic mass is 9.86. The fraction of sp³-hybridized carbons (Fsp3) is 0.889. The fourth-order valence-corrected chi connectivity index (χ4v) is 0.996. The first-order chi connectivity index (χ1) is 5.37. The average Bonchev–Trinajstić information content (AvgIpc) is 2.00. The SMILES string of the molecule is CC(C)C(C)C(O)C(C)C(=O)O. The molecule has 0 saturated heterocycles. The van der Waals surface area contributed by atoms with E-state index in [9.17, 15) is 9.90 Å². The monoisotopic (exact) mass is 174 g/mol. The van der Waals surface area contributed by atoms with Crippen molar-refractivity contribution in [3.63, 3.8) is 0 Å². The van der Waals surface area contributed by atoms with Crippen LogP contribution in [0.5, 0.6) is 0 Å². The van der Waals surface area contributed by atoms with Crippen molar-refractivity contribution in [1.82, 2.24) is 0 Å². The normalized spacial score (nSPS) is 18.8. The Balaban J connectivity index is 4.18. The smallest absolute Gasteiger partial charge is 0.308 e. The summed E-state index contributed by atoms with van der Waals surface area (Å²) in [6.07, 6.45) is -0.748. The first-order valence-electron chi connectivity index (χ1n) is 4.28. The maximum absolute atomic E-state index is 10.5. The lowest BCUT2D eigenvalue weighted by Gasteiger charge is -2.24. The number of carboxylic acids is 1. The van der Waals surface area contributed by atoms with E-state index in [4.69, 9.17) is 5.11 Å². The molecule has 0 heterocycles. The summed E-state index contributed by atoms with van der Waals surface area (Å²) < 4.78 is 0. The third kappa shape index (κ3) is 2.81. The molecular weight excluding hydrogens is 156 g/mol. The van der Waals surface area contributed by atoms with Crippen molar-refractivity contribution in [2.75, 3.05) is 0 Å². The van der Waals surface area contributed by atoms with Gasteiger partial charge < -0.3 is 10.2 Å². The third-order valence-corrected chi connectivity index (χ3v) is 2.49. The summed E-state index contributed by atoms with van der Waals surface area (Å²) in [6.45, 7) is 7.35. The van der Waals surface area contributed by atoms with Crippen LogP contribution >= 0.6 is 0 Å². The minimum atomic E-state index is -0.935. The van der Waals surface area contributed by atoms with Crippen molar-refractivity contribution >= 4 is 5.97 Å². The van der Waals surface area contributed by atoms with Crippen LogP contribution in [0.4, 0.5) is 0 Å². The Morgan fingerprint density at radius 3 is 1.83 bits per heavy atom. The van der Waals surface area contributed by atoms with Gasteiger partial charge in [-0.25, -0.2) is 0 Å². The fourth-order valence-electron chi connectivity index (χ4n) is 0.996. The summed E-state index contributed by atoms with van der Waals surface area (Å²) in [5, 5.41) is 18.2. The van der Waals surface area contributed by atoms with Gasteiger partial charge in [0.1, 0.15) is 0 Å². The van der Waals surface area contributed by atoms with Gasteiger partial charge in [0.05, 0.1) is 12.0 Å². The van der Waals surface area contributed by atoms with Gasteiger partial charge in [0.25, 0.3) is 0 Å². The molecule has 3 unspecified atom stereocenters. The van der Waals surface area contributed by atoms with Crippen molar-refractivity contribution in [1.29, 1.82) is 0 Å². The summed E-state index contributed by atoms with van der Waals surface area (Å²) >= 11 is 0. The Kier molecular flexibility index (Phi) is 4.24. The summed E-state index contributed by atoms with van der Waals surface area (Å²) in [6, 6.07) is 0. The Bertz CT molecular complexity index is 154. The Hall–Kier alpha value is -0.570. The van der Waals surface area contributed by atoms with Gasteiger partial charge >= 0.3 is 5.97 Å². The molecule has 0 aromatic rings. The largest absolute Gasteiger partial charge is 0.481 e. The maximum Gasteiger partial charge on any atom is 0.308 e. The molecular formula is C9H18O3. The van der Waals surface area contributed by atoms with Crippen molar-refractivity contribution < 1.29 is 15.0 Å². The second-order valence-electron chi connectivity index (χ2n) is 3.72. The Labute approximate surface area is 73.4 Å². The predicted molar refractivity (Wildman–Crippen MR) is 46.8 cm³/mol. The molecule has 0 aliphatic heterocycles. The van der Waals surface area contributed by atoms with Crippen molar-refractivity contribution in [3.05, 3.63) is 0 Å². The highest BCUT2D eigenvalue weighted by Gasteiger charge is 2.27. The lowest BCUT2D eigenvalue weighted by molar-refractivity contribution is -0.146. The van der Waals surface area contributed by atoms with Crippen molar-refractivity contribution in [3.8, 4) is 0 Å². The second-order valence-corrected chi connectivity index (χ2v) is 3.72. The number of carboxylic acid groups (broad SMARTS) is 1. The van der Waals surface area contributed by atoms with E-state index in [1.165, 1.54) is 6.92 Å². The summed E-state index contributed by atoms with van der Waals surface area (Å²) in [4.78, 5) is 10.5. The average molecular weight is 174 g/mol. The van der Waals surface area contributed by atoms with Crippen LogP contribution in [0.1, 0.15) is 27.7 Å². The van der Waals surface area contributed by atoms with E-state index in [1.54, 1.807) is 0 Å². The molecule has 2 N–H and O–H groups in total. The van der Waals surface area contributed by atoms with Crippen LogP contribution in [0.3, 0.4) is 0 Å². The summed E-state index contributed by atoms with van der Waals surface area (Å²) in [5.41, 5.74) is 0. The number of aliphatic hydroxyl groups excluding tert-OH is 1. The van der Waals surface area contributed by atoms with Crippen molar-refractivity contribution in [2.24, 2.45) is 17.8 Å². The highest BCUT2D eigenvalue weighted by Crippen LogP contribution is 2.20. The molecule has 0 amide bonds. The molecule has 12 heavy (non-hydrogen) atoms. The number of hydrogen-bond acceptors (Lipinski definition) is 2. The first-order valence-corrected chi connectivity index (χ1v) is 4.28. The molecule has 0 radical (unpaired) electrons. The lowest BCUT2D eigenvalue weighted by Crippen LogP contribution is -2.33. The summed E-state index contributed by atoms with van der Waals surface area (Å²) in [7, 11) is 0. The van der Waals surface area contributed by atoms with E-state index < -0.39 is 18.0 Å². The molecule has 0 spiro atoms. The molecule has 0 aromatic heterocycles. The molecule has 72 valence electrons. The zero-order valence-corrected chi connectivity index (χ0v) is 8.11. The van der Waals surface area contributed by atoms with Crippen LogP contribution in [0, 0.1) is 17.8 Å². The van der Waals surface area contributed by atoms with Crippen LogP contribution in [0.15, 0.2) is 0 Å². The number of carbonyl (C=O) groups is 1. The van der Waals surface area contributed by atoms with E-state index in [0.29, 0.717) is 5.92 Å². The van der Waals surface area contributed by atoms with Crippen LogP contribution in [-0.4, -0.2) is 22.3 Å². The van der Waals surface area contributed by atoms with E-state index in [0.717, 1.165) is 0 Å². The molecule has 0 aliphatic carbocycles. The van der Waals surface area contributed by atoms with Gasteiger partial charge in [-0.2, -0.15) is 0 Å². The van der Waals surface area contributed by atoms with Gasteiger partial charge in [0.15, 0.2) is 0 Å². The molecule has 0 saturated carbocycles. The third-order valence-electron chi connectivity index (χ3n) is 2.49. The van der Waals surface area contributed by atoms with E-state index >= 15 is 0 Å². The minimum absolute atomic E-state index is 0.0242.